The molecule has 138 valence electrons. The van der Waals surface area contributed by atoms with E-state index in [9.17, 15) is 14.7 Å². The number of carbonyl (C=O) groups excluding carboxylic acids is 2. The van der Waals surface area contributed by atoms with Crippen molar-refractivity contribution in [3.8, 4) is 0 Å². The molecule has 3 fully saturated rings. The molecule has 0 aliphatic heterocycles. The van der Waals surface area contributed by atoms with Crippen LogP contribution in [0.15, 0.2) is 11.6 Å². The molecule has 0 radical (unpaired) electrons. The van der Waals surface area contributed by atoms with Crippen LogP contribution in [0.1, 0.15) is 66.2 Å². The second-order valence-corrected chi connectivity index (χ2v) is 9.77. The van der Waals surface area contributed by atoms with Crippen LogP contribution in [0, 0.1) is 40.4 Å². The van der Waals surface area contributed by atoms with Crippen LogP contribution < -0.4 is 0 Å². The molecule has 8 unspecified atom stereocenters. The Morgan fingerprint density at radius 3 is 2.60 bits per heavy atom. The zero-order valence-corrected chi connectivity index (χ0v) is 16.0. The van der Waals surface area contributed by atoms with E-state index in [1.165, 1.54) is 5.57 Å². The van der Waals surface area contributed by atoms with Gasteiger partial charge in [0.05, 0.1) is 6.10 Å². The van der Waals surface area contributed by atoms with Gasteiger partial charge in [0.2, 0.25) is 0 Å². The van der Waals surface area contributed by atoms with Crippen LogP contribution in [0.25, 0.3) is 0 Å². The first-order chi connectivity index (χ1) is 11.7. The van der Waals surface area contributed by atoms with Crippen LogP contribution in [0.2, 0.25) is 0 Å². The van der Waals surface area contributed by atoms with Crippen LogP contribution in [-0.2, 0) is 9.59 Å². The predicted octanol–water partition coefficient (Wildman–Crippen LogP) is 3.94. The Balaban J connectivity index is 1.77. The summed E-state index contributed by atoms with van der Waals surface area (Å²) >= 11 is 0. The van der Waals surface area contributed by atoms with Gasteiger partial charge in [-0.05, 0) is 79.6 Å². The smallest absolute Gasteiger partial charge is 0.155 e. The highest BCUT2D eigenvalue weighted by molar-refractivity contribution is 5.91. The summed E-state index contributed by atoms with van der Waals surface area (Å²) in [5.41, 5.74) is 1.16. The highest BCUT2D eigenvalue weighted by Crippen LogP contribution is 2.68. The van der Waals surface area contributed by atoms with E-state index in [1.807, 2.05) is 6.08 Å². The third kappa shape index (κ3) is 2.14. The average Bonchev–Trinajstić information content (AvgIpc) is 2.91. The van der Waals surface area contributed by atoms with Crippen LogP contribution >= 0.6 is 0 Å². The highest BCUT2D eigenvalue weighted by Gasteiger charge is 2.65. The predicted molar refractivity (Wildman–Crippen MR) is 96.8 cm³/mol. The molecule has 1 N–H and O–H groups in total. The van der Waals surface area contributed by atoms with Gasteiger partial charge >= 0.3 is 0 Å². The molecule has 3 heteroatoms. The average molecular weight is 344 g/mol. The minimum Gasteiger partial charge on any atom is -0.392 e. The molecular formula is C22H32O3. The number of Topliss-reactive ketones (excluding diaryl/α,β-unsaturated/α-hetero) is 1. The number of carbonyl (C=O) groups is 2. The standard InChI is InChI=1S/C22H32O3/c1-12-20(25)19-16(18-8-7-17(13(2)23)22(12,18)4)6-5-14-11-15(24)9-10-21(14,19)3/h11-12,16-20,25H,5-10H2,1-4H3. The van der Waals surface area contributed by atoms with Gasteiger partial charge in [0.15, 0.2) is 5.78 Å². The number of rotatable bonds is 1. The van der Waals surface area contributed by atoms with Crippen molar-refractivity contribution in [2.24, 2.45) is 40.4 Å². The molecule has 25 heavy (non-hydrogen) atoms. The number of aliphatic hydroxyl groups is 1. The molecule has 3 nitrogen and oxygen atoms in total. The lowest BCUT2D eigenvalue weighted by atomic mass is 9.43. The zero-order chi connectivity index (χ0) is 18.1. The summed E-state index contributed by atoms with van der Waals surface area (Å²) in [6.07, 6.45) is 7.15. The lowest BCUT2D eigenvalue weighted by Gasteiger charge is -2.62. The summed E-state index contributed by atoms with van der Waals surface area (Å²) in [4.78, 5) is 24.3. The summed E-state index contributed by atoms with van der Waals surface area (Å²) in [5, 5.41) is 11.4. The maximum Gasteiger partial charge on any atom is 0.155 e. The molecule has 0 aromatic heterocycles. The maximum absolute atomic E-state index is 12.3. The lowest BCUT2D eigenvalue weighted by Crippen LogP contribution is -2.60. The molecule has 4 aliphatic carbocycles. The van der Waals surface area contributed by atoms with Crippen molar-refractivity contribution >= 4 is 11.6 Å². The fourth-order valence-corrected chi connectivity index (χ4v) is 7.65. The van der Waals surface area contributed by atoms with Gasteiger partial charge in [-0.15, -0.1) is 0 Å². The van der Waals surface area contributed by atoms with Crippen LogP contribution in [-0.4, -0.2) is 22.8 Å². The zero-order valence-electron chi connectivity index (χ0n) is 16.0. The molecule has 0 aromatic rings. The Morgan fingerprint density at radius 1 is 1.20 bits per heavy atom. The molecule has 0 aromatic carbocycles. The van der Waals surface area contributed by atoms with Gasteiger partial charge in [-0.25, -0.2) is 0 Å². The second kappa shape index (κ2) is 5.52. The Kier molecular flexibility index (Phi) is 3.85. The van der Waals surface area contributed by atoms with E-state index in [0.717, 1.165) is 32.1 Å². The number of fused-ring (bicyclic) bond motifs is 5. The molecule has 0 bridgehead atoms. The summed E-state index contributed by atoms with van der Waals surface area (Å²) in [7, 11) is 0. The SMILES string of the molecule is CC(=O)C1CCC2C3CCC4=CC(=O)CCC4(C)C3C(O)C(C)C12C. The van der Waals surface area contributed by atoms with Gasteiger partial charge in [0.25, 0.3) is 0 Å². The van der Waals surface area contributed by atoms with E-state index in [1.54, 1.807) is 6.92 Å². The Labute approximate surface area is 151 Å². The van der Waals surface area contributed by atoms with Gasteiger partial charge < -0.3 is 5.11 Å². The number of hydrogen-bond donors (Lipinski definition) is 1. The second-order valence-electron chi connectivity index (χ2n) is 9.77. The molecule has 0 saturated heterocycles. The highest BCUT2D eigenvalue weighted by atomic mass is 16.3. The van der Waals surface area contributed by atoms with E-state index >= 15 is 0 Å². The van der Waals surface area contributed by atoms with Crippen LogP contribution in [0.4, 0.5) is 0 Å². The number of allylic oxidation sites excluding steroid dienone is 1. The molecule has 0 heterocycles. The van der Waals surface area contributed by atoms with Crippen molar-refractivity contribution in [2.45, 2.75) is 72.3 Å². The summed E-state index contributed by atoms with van der Waals surface area (Å²) < 4.78 is 0. The number of hydrogen-bond acceptors (Lipinski definition) is 3. The minimum atomic E-state index is -0.381. The van der Waals surface area contributed by atoms with E-state index in [0.29, 0.717) is 24.0 Å². The van der Waals surface area contributed by atoms with E-state index in [2.05, 4.69) is 20.8 Å². The number of aliphatic hydroxyl groups excluding tert-OH is 1. The van der Waals surface area contributed by atoms with Gasteiger partial charge in [-0.3, -0.25) is 9.59 Å². The first kappa shape index (κ1) is 17.5. The van der Waals surface area contributed by atoms with E-state index in [-0.39, 0.29) is 40.5 Å². The van der Waals surface area contributed by atoms with Gasteiger partial charge in [0, 0.05) is 12.3 Å². The first-order valence-electron chi connectivity index (χ1n) is 10.1. The first-order valence-corrected chi connectivity index (χ1v) is 10.1. The third-order valence-electron chi connectivity index (χ3n) is 9.09. The Bertz CT molecular complexity index is 650. The Morgan fingerprint density at radius 2 is 1.92 bits per heavy atom. The molecule has 0 amide bonds. The summed E-state index contributed by atoms with van der Waals surface area (Å²) in [6.45, 7) is 8.47. The van der Waals surface area contributed by atoms with Crippen LogP contribution in [0.5, 0.6) is 0 Å². The van der Waals surface area contributed by atoms with Crippen molar-refractivity contribution in [2.75, 3.05) is 0 Å². The third-order valence-corrected chi connectivity index (χ3v) is 9.09. The van der Waals surface area contributed by atoms with Crippen molar-refractivity contribution < 1.29 is 14.7 Å². The minimum absolute atomic E-state index is 0.0415. The molecule has 4 rings (SSSR count). The largest absolute Gasteiger partial charge is 0.392 e. The quantitative estimate of drug-likeness (QED) is 0.784. The topological polar surface area (TPSA) is 54.4 Å². The lowest BCUT2D eigenvalue weighted by molar-refractivity contribution is -0.169. The maximum atomic E-state index is 12.3. The molecule has 4 aliphatic rings. The molecule has 0 spiro atoms. The number of ketones is 2. The van der Waals surface area contributed by atoms with Crippen molar-refractivity contribution in [3.63, 3.8) is 0 Å². The van der Waals surface area contributed by atoms with Gasteiger partial charge in [-0.1, -0.05) is 26.3 Å². The van der Waals surface area contributed by atoms with Crippen LogP contribution in [0.3, 0.4) is 0 Å². The van der Waals surface area contributed by atoms with Crippen molar-refractivity contribution in [3.05, 3.63) is 11.6 Å². The van der Waals surface area contributed by atoms with E-state index in [4.69, 9.17) is 0 Å². The summed E-state index contributed by atoms with van der Waals surface area (Å²) in [5.74, 6) is 2.03. The fourth-order valence-electron chi connectivity index (χ4n) is 7.65. The monoisotopic (exact) mass is 344 g/mol. The Hall–Kier alpha value is -0.960. The molecule has 8 atom stereocenters. The van der Waals surface area contributed by atoms with E-state index < -0.39 is 0 Å². The van der Waals surface area contributed by atoms with Gasteiger partial charge in [-0.2, -0.15) is 0 Å². The summed E-state index contributed by atoms with van der Waals surface area (Å²) in [6, 6.07) is 0. The van der Waals surface area contributed by atoms with Crippen molar-refractivity contribution in [1.29, 1.82) is 0 Å². The molecular weight excluding hydrogens is 312 g/mol. The van der Waals surface area contributed by atoms with Gasteiger partial charge in [0.1, 0.15) is 5.78 Å². The fraction of sp³-hybridized carbons (Fsp3) is 0.818. The molecule has 3 saturated carbocycles. The normalized spacial score (nSPS) is 52.0. The van der Waals surface area contributed by atoms with Crippen molar-refractivity contribution in [1.82, 2.24) is 0 Å².